The predicted octanol–water partition coefficient (Wildman–Crippen LogP) is -0.407. The molecule has 0 atom stereocenters. The van der Waals surface area contributed by atoms with Crippen molar-refractivity contribution in [2.24, 2.45) is 5.84 Å². The molecule has 0 bridgehead atoms. The summed E-state index contributed by atoms with van der Waals surface area (Å²) in [6.45, 7) is 0. The van der Waals surface area contributed by atoms with Crippen LogP contribution in [0.2, 0.25) is 0 Å². The van der Waals surface area contributed by atoms with E-state index in [4.69, 9.17) is 5.84 Å². The van der Waals surface area contributed by atoms with Crippen LogP contribution in [0.25, 0.3) is 0 Å². The molecule has 0 heterocycles. The number of nitrogens with one attached hydrogen (secondary N) is 1. The molecule has 0 rings (SSSR count). The summed E-state index contributed by atoms with van der Waals surface area (Å²) in [4.78, 5) is 0. The number of thiol groups is 2. The lowest BCUT2D eigenvalue weighted by atomic mass is 11.5. The van der Waals surface area contributed by atoms with Crippen molar-refractivity contribution in [3.05, 3.63) is 0 Å². The molecule has 0 aromatic rings. The minimum Gasteiger partial charge on any atom is -0.270 e. The van der Waals surface area contributed by atoms with Gasteiger partial charge in [-0.25, -0.2) is 5.43 Å². The van der Waals surface area contributed by atoms with Gasteiger partial charge in [0.2, 0.25) is 0 Å². The number of hydrazine groups is 1. The fourth-order valence-electron chi connectivity index (χ4n) is 0. The first-order valence-corrected chi connectivity index (χ1v) is 2.13. The lowest BCUT2D eigenvalue weighted by molar-refractivity contribution is 0.842. The summed E-state index contributed by atoms with van der Waals surface area (Å²) < 4.78 is -0.199. The van der Waals surface area contributed by atoms with Gasteiger partial charge in [-0.3, -0.25) is 5.84 Å². The van der Waals surface area contributed by atoms with Gasteiger partial charge in [-0.15, -0.1) is 25.3 Å². The van der Waals surface area contributed by atoms with Gasteiger partial charge in [-0.1, -0.05) is 0 Å². The Morgan fingerprint density at radius 1 is 1.60 bits per heavy atom. The van der Waals surface area contributed by atoms with Crippen molar-refractivity contribution in [2.45, 2.75) is 4.71 Å². The van der Waals surface area contributed by atoms with Gasteiger partial charge in [0.15, 0.2) is 0 Å². The van der Waals surface area contributed by atoms with Crippen molar-refractivity contribution in [1.29, 1.82) is 0 Å². The van der Waals surface area contributed by atoms with E-state index >= 15 is 0 Å². The molecule has 0 aromatic carbocycles. The Kier molecular flexibility index (Phi) is 3.19. The zero-order valence-electron chi connectivity index (χ0n) is 2.55. The SMILES string of the molecule is NNC(S)S. The first-order valence-electron chi connectivity index (χ1n) is 1.09. The Labute approximate surface area is 41.9 Å². The number of nitrogens with two attached hydrogens (primary N) is 1. The predicted molar refractivity (Wildman–Crippen MR) is 29.1 cm³/mol. The number of hydrogen-bond acceptors (Lipinski definition) is 4. The van der Waals surface area contributed by atoms with Crippen LogP contribution >= 0.6 is 25.3 Å². The highest BCUT2D eigenvalue weighted by atomic mass is 32.2. The first kappa shape index (κ1) is 5.62. The summed E-state index contributed by atoms with van der Waals surface area (Å²) in [7, 11) is 0. The van der Waals surface area contributed by atoms with E-state index < -0.39 is 0 Å². The molecule has 5 heavy (non-hydrogen) atoms. The van der Waals surface area contributed by atoms with Crippen LogP contribution in [0.3, 0.4) is 0 Å². The highest BCUT2D eigenvalue weighted by molar-refractivity contribution is 7.99. The van der Waals surface area contributed by atoms with Gasteiger partial charge < -0.3 is 0 Å². The lowest BCUT2D eigenvalue weighted by Crippen LogP contribution is -2.25. The van der Waals surface area contributed by atoms with E-state index in [1.807, 2.05) is 0 Å². The molecule has 4 heteroatoms. The van der Waals surface area contributed by atoms with Crippen LogP contribution in [0.15, 0.2) is 0 Å². The maximum Gasteiger partial charge on any atom is 0.107 e. The first-order chi connectivity index (χ1) is 2.27. The highest BCUT2D eigenvalue weighted by Crippen LogP contribution is 1.88. The van der Waals surface area contributed by atoms with E-state index in [1.165, 1.54) is 0 Å². The van der Waals surface area contributed by atoms with Crippen molar-refractivity contribution in [3.8, 4) is 0 Å². The Hall–Kier alpha value is 0.620. The maximum absolute atomic E-state index is 4.77. The van der Waals surface area contributed by atoms with Crippen LogP contribution in [-0.2, 0) is 0 Å². The molecule has 0 aliphatic heterocycles. The van der Waals surface area contributed by atoms with E-state index in [9.17, 15) is 0 Å². The second-order valence-corrected chi connectivity index (χ2v) is 1.98. The van der Waals surface area contributed by atoms with Crippen LogP contribution in [0, 0.1) is 0 Å². The molecule has 32 valence electrons. The summed E-state index contributed by atoms with van der Waals surface area (Å²) >= 11 is 7.45. The summed E-state index contributed by atoms with van der Waals surface area (Å²) in [5.74, 6) is 4.77. The van der Waals surface area contributed by atoms with Gasteiger partial charge in [0.05, 0.1) is 0 Å². The van der Waals surface area contributed by atoms with E-state index in [2.05, 4.69) is 30.7 Å². The van der Waals surface area contributed by atoms with E-state index in [-0.39, 0.29) is 4.71 Å². The van der Waals surface area contributed by atoms with Gasteiger partial charge in [0, 0.05) is 0 Å². The Morgan fingerprint density at radius 3 is 1.80 bits per heavy atom. The molecule has 0 aliphatic carbocycles. The molecule has 0 spiro atoms. The lowest BCUT2D eigenvalue weighted by Gasteiger charge is -1.93. The molecule has 0 radical (unpaired) electrons. The molecule has 3 N–H and O–H groups in total. The Morgan fingerprint density at radius 2 is 1.80 bits per heavy atom. The Bertz CT molecular complexity index is 21.6. The monoisotopic (exact) mass is 110 g/mol. The molecule has 0 amide bonds. The average molecular weight is 110 g/mol. The molecular formula is CH6N2S2. The second-order valence-electron chi connectivity index (χ2n) is 0.540. The topological polar surface area (TPSA) is 38.0 Å². The van der Waals surface area contributed by atoms with Gasteiger partial charge in [-0.2, -0.15) is 0 Å². The van der Waals surface area contributed by atoms with Crippen molar-refractivity contribution in [2.75, 3.05) is 0 Å². The van der Waals surface area contributed by atoms with Crippen molar-refractivity contribution < 1.29 is 0 Å². The van der Waals surface area contributed by atoms with Crippen molar-refractivity contribution >= 4 is 25.3 Å². The van der Waals surface area contributed by atoms with Crippen LogP contribution in [-0.4, -0.2) is 4.71 Å². The van der Waals surface area contributed by atoms with Gasteiger partial charge in [0.25, 0.3) is 0 Å². The van der Waals surface area contributed by atoms with Gasteiger partial charge in [-0.05, 0) is 0 Å². The third kappa shape index (κ3) is 4.62. The van der Waals surface area contributed by atoms with Crippen LogP contribution in [0.5, 0.6) is 0 Å². The minimum atomic E-state index is -0.199. The van der Waals surface area contributed by atoms with E-state index in [1.54, 1.807) is 0 Å². The molecule has 2 nitrogen and oxygen atoms in total. The van der Waals surface area contributed by atoms with Crippen molar-refractivity contribution in [1.82, 2.24) is 5.43 Å². The zero-order chi connectivity index (χ0) is 4.28. The number of rotatable bonds is 1. The maximum atomic E-state index is 4.77. The second kappa shape index (κ2) is 2.84. The van der Waals surface area contributed by atoms with Crippen molar-refractivity contribution in [3.63, 3.8) is 0 Å². The molecule has 0 aliphatic rings. The zero-order valence-corrected chi connectivity index (χ0v) is 4.34. The molecule has 0 fully saturated rings. The quantitative estimate of drug-likeness (QED) is 0.160. The molecule has 0 unspecified atom stereocenters. The van der Waals surface area contributed by atoms with Crippen LogP contribution in [0.4, 0.5) is 0 Å². The average Bonchev–Trinajstić information content (AvgIpc) is 1.38. The van der Waals surface area contributed by atoms with Crippen LogP contribution < -0.4 is 11.3 Å². The summed E-state index contributed by atoms with van der Waals surface area (Å²) in [5, 5.41) is 0. The summed E-state index contributed by atoms with van der Waals surface area (Å²) in [5.41, 5.74) is 2.26. The minimum absolute atomic E-state index is 0.199. The largest absolute Gasteiger partial charge is 0.270 e. The third-order valence-electron chi connectivity index (χ3n) is 0.149. The summed E-state index contributed by atoms with van der Waals surface area (Å²) in [6.07, 6.45) is 0. The fraction of sp³-hybridized carbons (Fsp3) is 1.00. The normalized spacial score (nSPS) is 9.60. The molecular weight excluding hydrogens is 104 g/mol. The molecule has 0 saturated carbocycles. The van der Waals surface area contributed by atoms with E-state index in [0.717, 1.165) is 0 Å². The van der Waals surface area contributed by atoms with Crippen LogP contribution in [0.1, 0.15) is 0 Å². The highest BCUT2D eigenvalue weighted by Gasteiger charge is 1.79. The number of hydrogen-bond donors (Lipinski definition) is 4. The fourth-order valence-corrected chi connectivity index (χ4v) is 0. The standard InChI is InChI=1S/CH6N2S2/c2-3-1(4)5/h1,3-5H,2H2. The van der Waals surface area contributed by atoms with Gasteiger partial charge in [0.1, 0.15) is 4.71 Å². The molecule has 0 aromatic heterocycles. The van der Waals surface area contributed by atoms with E-state index in [0.29, 0.717) is 0 Å². The summed E-state index contributed by atoms with van der Waals surface area (Å²) in [6, 6.07) is 0. The smallest absolute Gasteiger partial charge is 0.107 e. The third-order valence-corrected chi connectivity index (χ3v) is 0.447. The Balaban J connectivity index is 2.54. The molecule has 0 saturated heterocycles. The van der Waals surface area contributed by atoms with Gasteiger partial charge >= 0.3 is 0 Å².